The van der Waals surface area contributed by atoms with Crippen molar-refractivity contribution in [2.75, 3.05) is 25.0 Å². The molecule has 0 bridgehead atoms. The highest BCUT2D eigenvalue weighted by Crippen LogP contribution is 2.35. The summed E-state index contributed by atoms with van der Waals surface area (Å²) in [5.74, 6) is 1.76. The highest BCUT2D eigenvalue weighted by atomic mass is 16.2. The quantitative estimate of drug-likeness (QED) is 0.898. The van der Waals surface area contributed by atoms with Crippen LogP contribution in [0.3, 0.4) is 0 Å². The number of amides is 1. The molecular weight excluding hydrogens is 286 g/mol. The smallest absolute Gasteiger partial charge is 0.238 e. The van der Waals surface area contributed by atoms with Crippen molar-refractivity contribution in [3.63, 3.8) is 0 Å². The molecule has 0 spiro atoms. The number of hydrogen-bond donors (Lipinski definition) is 2. The van der Waals surface area contributed by atoms with Crippen molar-refractivity contribution in [3.05, 3.63) is 29.8 Å². The maximum atomic E-state index is 12.4. The van der Waals surface area contributed by atoms with Crippen LogP contribution < -0.4 is 11.1 Å². The summed E-state index contributed by atoms with van der Waals surface area (Å²) in [4.78, 5) is 14.7. The summed E-state index contributed by atoms with van der Waals surface area (Å²) in [5, 5.41) is 3.10. The lowest BCUT2D eigenvalue weighted by Gasteiger charge is -2.29. The van der Waals surface area contributed by atoms with Gasteiger partial charge in [0, 0.05) is 24.8 Å². The molecule has 2 fully saturated rings. The predicted octanol–water partition coefficient (Wildman–Crippen LogP) is 2.81. The van der Waals surface area contributed by atoms with Crippen molar-refractivity contribution in [1.29, 1.82) is 0 Å². The largest absolute Gasteiger partial charge is 0.327 e. The molecule has 4 nitrogen and oxygen atoms in total. The van der Waals surface area contributed by atoms with Crippen molar-refractivity contribution in [2.24, 2.45) is 17.6 Å². The fourth-order valence-electron chi connectivity index (χ4n) is 4.25. The minimum absolute atomic E-state index is 0.0883. The zero-order valence-electron chi connectivity index (χ0n) is 14.3. The molecule has 126 valence electrons. The summed E-state index contributed by atoms with van der Waals surface area (Å²) in [5.41, 5.74) is 8.40. The summed E-state index contributed by atoms with van der Waals surface area (Å²) in [6.45, 7) is 6.78. The minimum Gasteiger partial charge on any atom is -0.327 e. The molecule has 1 aliphatic carbocycles. The van der Waals surface area contributed by atoms with Crippen LogP contribution in [0, 0.1) is 11.8 Å². The van der Waals surface area contributed by atoms with Gasteiger partial charge in [-0.15, -0.1) is 0 Å². The molecule has 0 radical (unpaired) electrons. The van der Waals surface area contributed by atoms with Crippen molar-refractivity contribution in [1.82, 2.24) is 4.90 Å². The summed E-state index contributed by atoms with van der Waals surface area (Å²) in [7, 11) is 0. The van der Waals surface area contributed by atoms with Gasteiger partial charge in [-0.3, -0.25) is 9.69 Å². The Morgan fingerprint density at radius 1 is 1.30 bits per heavy atom. The van der Waals surface area contributed by atoms with Gasteiger partial charge < -0.3 is 11.1 Å². The molecule has 2 aliphatic rings. The second-order valence-electron chi connectivity index (χ2n) is 7.50. The fourth-order valence-corrected chi connectivity index (χ4v) is 4.25. The van der Waals surface area contributed by atoms with E-state index in [1.54, 1.807) is 0 Å². The van der Waals surface area contributed by atoms with Gasteiger partial charge in [0.1, 0.15) is 0 Å². The van der Waals surface area contributed by atoms with Crippen LogP contribution in [-0.2, 0) is 4.79 Å². The zero-order valence-corrected chi connectivity index (χ0v) is 14.3. The van der Waals surface area contributed by atoms with Gasteiger partial charge in [-0.2, -0.15) is 0 Å². The molecule has 3 unspecified atom stereocenters. The number of rotatable bonds is 4. The van der Waals surface area contributed by atoms with Crippen LogP contribution in [0.1, 0.15) is 44.6 Å². The minimum atomic E-state index is 0.0883. The first-order valence-corrected chi connectivity index (χ1v) is 8.91. The van der Waals surface area contributed by atoms with Crippen LogP contribution in [0.2, 0.25) is 0 Å². The fraction of sp³-hybridized carbons (Fsp3) is 0.632. The van der Waals surface area contributed by atoms with E-state index in [9.17, 15) is 4.79 Å². The van der Waals surface area contributed by atoms with Crippen LogP contribution in [-0.4, -0.2) is 36.5 Å². The topological polar surface area (TPSA) is 58.4 Å². The summed E-state index contributed by atoms with van der Waals surface area (Å²) in [6, 6.07) is 8.41. The summed E-state index contributed by atoms with van der Waals surface area (Å²) >= 11 is 0. The highest BCUT2D eigenvalue weighted by Gasteiger charge is 2.38. The lowest BCUT2D eigenvalue weighted by molar-refractivity contribution is -0.117. The van der Waals surface area contributed by atoms with Crippen molar-refractivity contribution in [2.45, 2.75) is 45.1 Å². The molecule has 1 heterocycles. The highest BCUT2D eigenvalue weighted by molar-refractivity contribution is 5.93. The standard InChI is InChI=1S/C19H29N3O/c1-13(2)15-7-3-4-9-18(15)21-19(23)12-22-10-14-6-5-8-17(20)16(14)11-22/h3-4,7,9,13-14,16-17H,5-6,8,10-12,20H2,1-2H3,(H,21,23). The second-order valence-corrected chi connectivity index (χ2v) is 7.50. The second kappa shape index (κ2) is 7.02. The normalized spacial score (nSPS) is 27.9. The van der Waals surface area contributed by atoms with E-state index in [2.05, 4.69) is 30.1 Å². The number of nitrogens with two attached hydrogens (primary N) is 1. The van der Waals surface area contributed by atoms with E-state index in [0.29, 0.717) is 30.3 Å². The van der Waals surface area contributed by atoms with Gasteiger partial charge in [0.25, 0.3) is 0 Å². The van der Waals surface area contributed by atoms with E-state index in [4.69, 9.17) is 5.73 Å². The number of anilines is 1. The first-order chi connectivity index (χ1) is 11.0. The third-order valence-corrected chi connectivity index (χ3v) is 5.45. The summed E-state index contributed by atoms with van der Waals surface area (Å²) in [6.07, 6.45) is 3.65. The number of nitrogens with zero attached hydrogens (tertiary/aromatic N) is 1. The molecule has 0 aromatic heterocycles. The Balaban J connectivity index is 1.58. The summed E-state index contributed by atoms with van der Waals surface area (Å²) < 4.78 is 0. The lowest BCUT2D eigenvalue weighted by atomic mass is 9.78. The van der Waals surface area contributed by atoms with Gasteiger partial charge >= 0.3 is 0 Å². The molecule has 1 saturated heterocycles. The van der Waals surface area contributed by atoms with Crippen LogP contribution in [0.4, 0.5) is 5.69 Å². The Morgan fingerprint density at radius 3 is 2.83 bits per heavy atom. The maximum absolute atomic E-state index is 12.4. The van der Waals surface area contributed by atoms with E-state index in [-0.39, 0.29) is 5.91 Å². The molecule has 1 aliphatic heterocycles. The van der Waals surface area contributed by atoms with Gasteiger partial charge in [0.05, 0.1) is 6.54 Å². The van der Waals surface area contributed by atoms with E-state index < -0.39 is 0 Å². The van der Waals surface area contributed by atoms with Gasteiger partial charge in [-0.1, -0.05) is 38.5 Å². The van der Waals surface area contributed by atoms with Gasteiger partial charge in [0.15, 0.2) is 0 Å². The number of carbonyl (C=O) groups is 1. The first kappa shape index (κ1) is 16.5. The molecule has 3 rings (SSSR count). The van der Waals surface area contributed by atoms with E-state index >= 15 is 0 Å². The first-order valence-electron chi connectivity index (χ1n) is 8.91. The van der Waals surface area contributed by atoms with Gasteiger partial charge in [-0.25, -0.2) is 0 Å². The molecule has 3 N–H and O–H groups in total. The van der Waals surface area contributed by atoms with Crippen LogP contribution in [0.5, 0.6) is 0 Å². The average Bonchev–Trinajstić information content (AvgIpc) is 2.91. The number of fused-ring (bicyclic) bond motifs is 1. The Labute approximate surface area is 139 Å². The number of hydrogen-bond acceptors (Lipinski definition) is 3. The van der Waals surface area contributed by atoms with Crippen molar-refractivity contribution >= 4 is 11.6 Å². The van der Waals surface area contributed by atoms with Gasteiger partial charge in [-0.05, 0) is 42.2 Å². The molecule has 1 saturated carbocycles. The molecule has 3 atom stereocenters. The van der Waals surface area contributed by atoms with Crippen LogP contribution >= 0.6 is 0 Å². The van der Waals surface area contributed by atoms with E-state index in [0.717, 1.165) is 25.2 Å². The number of carbonyl (C=O) groups excluding carboxylic acids is 1. The Bertz CT molecular complexity index is 557. The van der Waals surface area contributed by atoms with Crippen molar-refractivity contribution < 1.29 is 4.79 Å². The maximum Gasteiger partial charge on any atom is 0.238 e. The molecular formula is C19H29N3O. The molecule has 1 amide bonds. The monoisotopic (exact) mass is 315 g/mol. The van der Waals surface area contributed by atoms with Gasteiger partial charge in [0.2, 0.25) is 5.91 Å². The zero-order chi connectivity index (χ0) is 16.4. The molecule has 4 heteroatoms. The number of benzene rings is 1. The van der Waals surface area contributed by atoms with Crippen LogP contribution in [0.15, 0.2) is 24.3 Å². The third kappa shape index (κ3) is 3.75. The Hall–Kier alpha value is -1.39. The predicted molar refractivity (Wildman–Crippen MR) is 94.4 cm³/mol. The van der Waals surface area contributed by atoms with Crippen LogP contribution in [0.25, 0.3) is 0 Å². The average molecular weight is 315 g/mol. The third-order valence-electron chi connectivity index (χ3n) is 5.45. The lowest BCUT2D eigenvalue weighted by Crippen LogP contribution is -2.38. The molecule has 23 heavy (non-hydrogen) atoms. The number of likely N-dealkylation sites (tertiary alicyclic amines) is 1. The van der Waals surface area contributed by atoms with Crippen molar-refractivity contribution in [3.8, 4) is 0 Å². The molecule has 1 aromatic rings. The number of para-hydroxylation sites is 1. The SMILES string of the molecule is CC(C)c1ccccc1NC(=O)CN1CC2CCCC(N)C2C1. The Kier molecular flexibility index (Phi) is 5.02. The molecule has 1 aromatic carbocycles. The van der Waals surface area contributed by atoms with E-state index in [1.807, 2.05) is 18.2 Å². The van der Waals surface area contributed by atoms with E-state index in [1.165, 1.54) is 18.4 Å². The number of nitrogens with one attached hydrogen (secondary N) is 1. The Morgan fingerprint density at radius 2 is 2.09 bits per heavy atom.